The van der Waals surface area contributed by atoms with Gasteiger partial charge in [0.2, 0.25) is 0 Å². The molecule has 1 aliphatic rings. The number of halogens is 2. The summed E-state index contributed by atoms with van der Waals surface area (Å²) in [5.41, 5.74) is 1.26. The first-order valence-electron chi connectivity index (χ1n) is 9.25. The van der Waals surface area contributed by atoms with E-state index in [9.17, 15) is 0 Å². The third-order valence-electron chi connectivity index (χ3n) is 4.50. The average molecular weight is 527 g/mol. The molecule has 0 amide bonds. The quantitative estimate of drug-likeness (QED) is 0.223. The van der Waals surface area contributed by atoms with E-state index in [1.807, 2.05) is 30.9 Å². The standard InChI is InChI=1S/C19H31ClN4OS.HI/c1-21-19(22-9-3-4-14-26-2)23-15-18(24-10-12-25-13-11-24)16-5-7-17(20)8-6-16;/h5-8,18H,3-4,9-15H2,1-2H3,(H2,21,22,23);1H. The third kappa shape index (κ3) is 9.21. The molecule has 27 heavy (non-hydrogen) atoms. The van der Waals surface area contributed by atoms with Gasteiger partial charge in [-0.3, -0.25) is 9.89 Å². The number of hydrogen-bond donors (Lipinski definition) is 2. The van der Waals surface area contributed by atoms with Crippen LogP contribution in [-0.2, 0) is 4.74 Å². The molecule has 1 unspecified atom stereocenters. The van der Waals surface area contributed by atoms with E-state index >= 15 is 0 Å². The molecule has 0 spiro atoms. The highest BCUT2D eigenvalue weighted by atomic mass is 127. The molecule has 2 rings (SSSR count). The molecule has 0 bridgehead atoms. The predicted molar refractivity (Wildman–Crippen MR) is 129 cm³/mol. The number of unbranched alkanes of at least 4 members (excludes halogenated alkanes) is 1. The Morgan fingerprint density at radius 2 is 1.93 bits per heavy atom. The number of benzene rings is 1. The lowest BCUT2D eigenvalue weighted by molar-refractivity contribution is 0.0170. The minimum Gasteiger partial charge on any atom is -0.379 e. The van der Waals surface area contributed by atoms with Crippen LogP contribution in [0.15, 0.2) is 29.3 Å². The van der Waals surface area contributed by atoms with E-state index in [2.05, 4.69) is 38.9 Å². The van der Waals surface area contributed by atoms with Crippen LogP contribution < -0.4 is 10.6 Å². The molecule has 1 heterocycles. The van der Waals surface area contributed by atoms with Gasteiger partial charge >= 0.3 is 0 Å². The van der Waals surface area contributed by atoms with Crippen molar-refractivity contribution >= 4 is 53.3 Å². The number of hydrogen-bond acceptors (Lipinski definition) is 4. The first-order chi connectivity index (χ1) is 12.7. The molecule has 1 aromatic rings. The average Bonchev–Trinajstić information content (AvgIpc) is 2.68. The van der Waals surface area contributed by atoms with Gasteiger partial charge < -0.3 is 15.4 Å². The van der Waals surface area contributed by atoms with E-state index in [0.29, 0.717) is 0 Å². The van der Waals surface area contributed by atoms with E-state index in [0.717, 1.165) is 56.8 Å². The number of guanidine groups is 1. The molecular weight excluding hydrogens is 495 g/mol. The fraction of sp³-hybridized carbons (Fsp3) is 0.632. The van der Waals surface area contributed by atoms with Crippen LogP contribution in [0.3, 0.4) is 0 Å². The second-order valence-corrected chi connectivity index (χ2v) is 7.72. The van der Waals surface area contributed by atoms with Crippen molar-refractivity contribution in [2.75, 3.05) is 58.4 Å². The Morgan fingerprint density at radius 3 is 2.56 bits per heavy atom. The van der Waals surface area contributed by atoms with E-state index in [1.54, 1.807) is 0 Å². The number of thioether (sulfide) groups is 1. The Kier molecular flexibility index (Phi) is 13.5. The molecule has 0 aromatic heterocycles. The minimum absolute atomic E-state index is 0. The van der Waals surface area contributed by atoms with Crippen LogP contribution in [0.4, 0.5) is 0 Å². The molecule has 1 fully saturated rings. The van der Waals surface area contributed by atoms with Crippen molar-refractivity contribution in [2.24, 2.45) is 4.99 Å². The van der Waals surface area contributed by atoms with Gasteiger partial charge in [-0.15, -0.1) is 24.0 Å². The molecule has 1 aliphatic heterocycles. The van der Waals surface area contributed by atoms with Crippen LogP contribution in [0.1, 0.15) is 24.4 Å². The lowest BCUT2D eigenvalue weighted by atomic mass is 10.0. The molecule has 1 aromatic carbocycles. The Balaban J connectivity index is 0.00000364. The van der Waals surface area contributed by atoms with Gasteiger partial charge in [0.1, 0.15) is 0 Å². The molecule has 154 valence electrons. The lowest BCUT2D eigenvalue weighted by Crippen LogP contribution is -2.46. The summed E-state index contributed by atoms with van der Waals surface area (Å²) < 4.78 is 5.52. The maximum Gasteiger partial charge on any atom is 0.191 e. The van der Waals surface area contributed by atoms with Crippen molar-refractivity contribution in [3.8, 4) is 0 Å². The molecule has 0 aliphatic carbocycles. The van der Waals surface area contributed by atoms with Crippen LogP contribution in [0.2, 0.25) is 5.02 Å². The molecule has 1 atom stereocenters. The van der Waals surface area contributed by atoms with Crippen molar-refractivity contribution in [3.05, 3.63) is 34.9 Å². The highest BCUT2D eigenvalue weighted by Gasteiger charge is 2.22. The summed E-state index contributed by atoms with van der Waals surface area (Å²) in [6.45, 7) is 5.19. The monoisotopic (exact) mass is 526 g/mol. The molecule has 1 saturated heterocycles. The summed E-state index contributed by atoms with van der Waals surface area (Å²) in [6.07, 6.45) is 4.54. The van der Waals surface area contributed by atoms with Gasteiger partial charge in [0.15, 0.2) is 5.96 Å². The maximum absolute atomic E-state index is 6.07. The van der Waals surface area contributed by atoms with Gasteiger partial charge in [0, 0.05) is 38.2 Å². The van der Waals surface area contributed by atoms with Crippen LogP contribution in [-0.4, -0.2) is 69.3 Å². The Morgan fingerprint density at radius 1 is 1.22 bits per heavy atom. The number of aliphatic imine (C=N–C) groups is 1. The first-order valence-corrected chi connectivity index (χ1v) is 11.0. The summed E-state index contributed by atoms with van der Waals surface area (Å²) in [5.74, 6) is 2.07. The zero-order valence-corrected chi connectivity index (χ0v) is 20.2. The number of nitrogens with zero attached hydrogens (tertiary/aromatic N) is 2. The number of ether oxygens (including phenoxy) is 1. The van der Waals surface area contributed by atoms with E-state index < -0.39 is 0 Å². The van der Waals surface area contributed by atoms with Crippen molar-refractivity contribution in [3.63, 3.8) is 0 Å². The van der Waals surface area contributed by atoms with Gasteiger partial charge in [0.25, 0.3) is 0 Å². The Bertz CT molecular complexity index is 541. The highest BCUT2D eigenvalue weighted by molar-refractivity contribution is 14.0. The largest absolute Gasteiger partial charge is 0.379 e. The Hall–Kier alpha value is -0.220. The molecule has 5 nitrogen and oxygen atoms in total. The van der Waals surface area contributed by atoms with Crippen molar-refractivity contribution < 1.29 is 4.74 Å². The zero-order chi connectivity index (χ0) is 18.6. The molecule has 0 radical (unpaired) electrons. The first kappa shape index (κ1) is 24.8. The smallest absolute Gasteiger partial charge is 0.191 e. The Labute approximate surface area is 190 Å². The molecule has 2 N–H and O–H groups in total. The summed E-state index contributed by atoms with van der Waals surface area (Å²) in [6, 6.07) is 8.42. The van der Waals surface area contributed by atoms with Crippen LogP contribution in [0, 0.1) is 0 Å². The minimum atomic E-state index is 0. The van der Waals surface area contributed by atoms with Gasteiger partial charge in [0.05, 0.1) is 19.3 Å². The van der Waals surface area contributed by atoms with E-state index in [1.165, 1.54) is 17.7 Å². The summed E-state index contributed by atoms with van der Waals surface area (Å²) >= 11 is 7.96. The van der Waals surface area contributed by atoms with Gasteiger partial charge in [-0.1, -0.05) is 23.7 Å². The summed E-state index contributed by atoms with van der Waals surface area (Å²) in [7, 11) is 1.82. The van der Waals surface area contributed by atoms with Crippen molar-refractivity contribution in [1.82, 2.24) is 15.5 Å². The second kappa shape index (κ2) is 14.7. The van der Waals surface area contributed by atoms with Crippen molar-refractivity contribution in [1.29, 1.82) is 0 Å². The third-order valence-corrected chi connectivity index (χ3v) is 5.44. The maximum atomic E-state index is 6.07. The molecule has 8 heteroatoms. The highest BCUT2D eigenvalue weighted by Crippen LogP contribution is 2.23. The predicted octanol–water partition coefficient (Wildman–Crippen LogP) is 3.64. The van der Waals surface area contributed by atoms with E-state index in [-0.39, 0.29) is 30.0 Å². The SMILES string of the molecule is CN=C(NCCCCSC)NCC(c1ccc(Cl)cc1)N1CCOCC1.I. The van der Waals surface area contributed by atoms with Gasteiger partial charge in [-0.2, -0.15) is 11.8 Å². The normalized spacial score (nSPS) is 16.5. The van der Waals surface area contributed by atoms with Crippen LogP contribution in [0.25, 0.3) is 0 Å². The topological polar surface area (TPSA) is 48.9 Å². The molecular formula is C19H32ClIN4OS. The van der Waals surface area contributed by atoms with E-state index in [4.69, 9.17) is 16.3 Å². The van der Waals surface area contributed by atoms with Crippen molar-refractivity contribution in [2.45, 2.75) is 18.9 Å². The number of rotatable bonds is 9. The fourth-order valence-electron chi connectivity index (χ4n) is 3.02. The summed E-state index contributed by atoms with van der Waals surface area (Å²) in [5, 5.41) is 7.67. The number of nitrogens with one attached hydrogen (secondary N) is 2. The van der Waals surface area contributed by atoms with Gasteiger partial charge in [-0.25, -0.2) is 0 Å². The van der Waals surface area contributed by atoms with Crippen LogP contribution in [0.5, 0.6) is 0 Å². The second-order valence-electron chi connectivity index (χ2n) is 6.30. The lowest BCUT2D eigenvalue weighted by Gasteiger charge is -2.35. The summed E-state index contributed by atoms with van der Waals surface area (Å²) in [4.78, 5) is 6.82. The molecule has 0 saturated carbocycles. The zero-order valence-electron chi connectivity index (χ0n) is 16.2. The van der Waals surface area contributed by atoms with Crippen LogP contribution >= 0.6 is 47.3 Å². The van der Waals surface area contributed by atoms with Gasteiger partial charge in [-0.05, 0) is 42.5 Å². The fourth-order valence-corrected chi connectivity index (χ4v) is 3.64. The number of morpholine rings is 1.